The molecule has 2 amide bonds. The number of halogens is 1. The third kappa shape index (κ3) is 3.75. The molecule has 2 aromatic carbocycles. The van der Waals surface area contributed by atoms with Crippen molar-refractivity contribution in [2.24, 2.45) is 0 Å². The minimum Gasteiger partial charge on any atom is -0.361 e. The monoisotopic (exact) mass is 431 g/mol. The van der Waals surface area contributed by atoms with Gasteiger partial charge in [-0.3, -0.25) is 9.59 Å². The van der Waals surface area contributed by atoms with Gasteiger partial charge in [0.15, 0.2) is 5.69 Å². The van der Waals surface area contributed by atoms with Gasteiger partial charge in [-0.25, -0.2) is 9.07 Å². The van der Waals surface area contributed by atoms with Crippen molar-refractivity contribution in [2.75, 3.05) is 26.2 Å². The molecule has 5 rings (SSSR count). The second-order valence-corrected chi connectivity index (χ2v) is 7.81. The van der Waals surface area contributed by atoms with Crippen LogP contribution in [-0.2, 0) is 11.2 Å². The number of para-hydroxylation sites is 2. The molecule has 0 bridgehead atoms. The van der Waals surface area contributed by atoms with Crippen LogP contribution in [0.3, 0.4) is 0 Å². The Labute approximate surface area is 184 Å². The van der Waals surface area contributed by atoms with Crippen LogP contribution in [0, 0.1) is 5.82 Å². The molecular weight excluding hydrogens is 409 g/mol. The number of nitrogens with zero attached hydrogens (tertiary/aromatic N) is 4. The molecule has 1 saturated heterocycles. The molecule has 4 aromatic rings. The van der Waals surface area contributed by atoms with E-state index in [1.165, 1.54) is 10.7 Å². The number of hydrogen-bond acceptors (Lipinski definition) is 3. The average Bonchev–Trinajstić information content (AvgIpc) is 3.47. The van der Waals surface area contributed by atoms with E-state index in [9.17, 15) is 14.0 Å². The molecule has 0 unspecified atom stereocenters. The van der Waals surface area contributed by atoms with Gasteiger partial charge >= 0.3 is 0 Å². The summed E-state index contributed by atoms with van der Waals surface area (Å²) in [4.78, 5) is 32.3. The van der Waals surface area contributed by atoms with Crippen LogP contribution in [-0.4, -0.2) is 62.6 Å². The van der Waals surface area contributed by atoms with Crippen LogP contribution in [0.5, 0.6) is 0 Å². The molecule has 7 nitrogen and oxygen atoms in total. The van der Waals surface area contributed by atoms with Crippen LogP contribution in [0.25, 0.3) is 16.6 Å². The van der Waals surface area contributed by atoms with Gasteiger partial charge < -0.3 is 14.8 Å². The number of aromatic nitrogens is 3. The number of nitrogens with one attached hydrogen (secondary N) is 1. The van der Waals surface area contributed by atoms with Crippen molar-refractivity contribution >= 4 is 22.7 Å². The molecule has 0 atom stereocenters. The van der Waals surface area contributed by atoms with Crippen molar-refractivity contribution in [2.45, 2.75) is 6.42 Å². The Morgan fingerprint density at radius 1 is 0.938 bits per heavy atom. The normalized spacial score (nSPS) is 14.2. The summed E-state index contributed by atoms with van der Waals surface area (Å²) in [6.07, 6.45) is 3.78. The van der Waals surface area contributed by atoms with E-state index in [0.29, 0.717) is 38.3 Å². The summed E-state index contributed by atoms with van der Waals surface area (Å²) in [6.45, 7) is 1.82. The van der Waals surface area contributed by atoms with Crippen LogP contribution in [0.2, 0.25) is 0 Å². The summed E-state index contributed by atoms with van der Waals surface area (Å²) in [6, 6.07) is 15.8. The highest BCUT2D eigenvalue weighted by atomic mass is 19.1. The van der Waals surface area contributed by atoms with Crippen molar-refractivity contribution in [1.29, 1.82) is 0 Å². The topological polar surface area (TPSA) is 74.2 Å². The first-order chi connectivity index (χ1) is 15.6. The van der Waals surface area contributed by atoms with Crippen LogP contribution >= 0.6 is 0 Å². The van der Waals surface area contributed by atoms with Crippen molar-refractivity contribution in [3.8, 4) is 5.69 Å². The zero-order valence-electron chi connectivity index (χ0n) is 17.4. The lowest BCUT2D eigenvalue weighted by Gasteiger charge is -2.34. The molecule has 1 N–H and O–H groups in total. The molecule has 3 heterocycles. The van der Waals surface area contributed by atoms with Crippen LogP contribution < -0.4 is 0 Å². The standard InChI is InChI=1S/C24H22FN5O2/c25-19-6-2-4-8-22(19)30-10-9-21(27-30)24(32)29-13-11-28(12-14-29)23(31)15-17-16-26-20-7-3-1-5-18(17)20/h1-10,16,26H,11-15H2. The Morgan fingerprint density at radius 2 is 1.66 bits per heavy atom. The molecule has 0 radical (unpaired) electrons. The summed E-state index contributed by atoms with van der Waals surface area (Å²) >= 11 is 0. The van der Waals surface area contributed by atoms with E-state index in [0.717, 1.165) is 16.5 Å². The van der Waals surface area contributed by atoms with Crippen LogP contribution in [0.15, 0.2) is 67.0 Å². The van der Waals surface area contributed by atoms with Gasteiger partial charge in [0, 0.05) is 49.5 Å². The van der Waals surface area contributed by atoms with Gasteiger partial charge in [0.25, 0.3) is 5.91 Å². The van der Waals surface area contributed by atoms with E-state index in [1.54, 1.807) is 40.3 Å². The summed E-state index contributed by atoms with van der Waals surface area (Å²) in [5.74, 6) is -0.577. The molecule has 32 heavy (non-hydrogen) atoms. The fourth-order valence-corrected chi connectivity index (χ4v) is 4.08. The summed E-state index contributed by atoms with van der Waals surface area (Å²) in [7, 11) is 0. The number of rotatable bonds is 4. The smallest absolute Gasteiger partial charge is 0.274 e. The zero-order valence-corrected chi connectivity index (χ0v) is 17.4. The maximum Gasteiger partial charge on any atom is 0.274 e. The first kappa shape index (κ1) is 20.0. The number of amides is 2. The fourth-order valence-electron chi connectivity index (χ4n) is 4.08. The van der Waals surface area contributed by atoms with Gasteiger partial charge in [0.2, 0.25) is 5.91 Å². The lowest BCUT2D eigenvalue weighted by molar-refractivity contribution is -0.131. The summed E-state index contributed by atoms with van der Waals surface area (Å²) in [5, 5.41) is 5.31. The SMILES string of the molecule is O=C(Cc1c[nH]c2ccccc12)N1CCN(C(=O)c2ccn(-c3ccccc3F)n2)CC1. The summed E-state index contributed by atoms with van der Waals surface area (Å²) < 4.78 is 15.3. The number of H-pyrrole nitrogens is 1. The van der Waals surface area contributed by atoms with Crippen LogP contribution in [0.4, 0.5) is 4.39 Å². The van der Waals surface area contributed by atoms with Crippen molar-refractivity contribution in [3.63, 3.8) is 0 Å². The molecule has 0 spiro atoms. The van der Waals surface area contributed by atoms with E-state index in [-0.39, 0.29) is 17.5 Å². The van der Waals surface area contributed by atoms with Gasteiger partial charge in [0.1, 0.15) is 11.5 Å². The Hall–Kier alpha value is -3.94. The number of piperazine rings is 1. The predicted octanol–water partition coefficient (Wildman–Crippen LogP) is 3.02. The molecule has 0 saturated carbocycles. The lowest BCUT2D eigenvalue weighted by atomic mass is 10.1. The molecule has 1 aliphatic heterocycles. The lowest BCUT2D eigenvalue weighted by Crippen LogP contribution is -2.51. The van der Waals surface area contributed by atoms with E-state index < -0.39 is 5.82 Å². The van der Waals surface area contributed by atoms with Crippen molar-refractivity contribution in [3.05, 3.63) is 84.1 Å². The first-order valence-corrected chi connectivity index (χ1v) is 10.5. The molecule has 162 valence electrons. The molecule has 1 fully saturated rings. The largest absolute Gasteiger partial charge is 0.361 e. The molecular formula is C24H22FN5O2. The highest BCUT2D eigenvalue weighted by Gasteiger charge is 2.26. The van der Waals surface area contributed by atoms with Crippen molar-refractivity contribution < 1.29 is 14.0 Å². The molecule has 0 aliphatic carbocycles. The number of fused-ring (bicyclic) bond motifs is 1. The fraction of sp³-hybridized carbons (Fsp3) is 0.208. The Morgan fingerprint density at radius 3 is 2.47 bits per heavy atom. The number of benzene rings is 2. The van der Waals surface area contributed by atoms with E-state index in [1.807, 2.05) is 30.5 Å². The van der Waals surface area contributed by atoms with E-state index in [2.05, 4.69) is 10.1 Å². The quantitative estimate of drug-likeness (QED) is 0.540. The van der Waals surface area contributed by atoms with Gasteiger partial charge in [-0.1, -0.05) is 30.3 Å². The average molecular weight is 431 g/mol. The molecule has 2 aromatic heterocycles. The van der Waals surface area contributed by atoms with E-state index >= 15 is 0 Å². The number of hydrogen-bond donors (Lipinski definition) is 1. The zero-order chi connectivity index (χ0) is 22.1. The molecule has 1 aliphatic rings. The predicted molar refractivity (Wildman–Crippen MR) is 118 cm³/mol. The third-order valence-corrected chi connectivity index (χ3v) is 5.84. The van der Waals surface area contributed by atoms with Gasteiger partial charge in [0.05, 0.1) is 6.42 Å². The maximum atomic E-state index is 14.0. The van der Waals surface area contributed by atoms with Gasteiger partial charge in [-0.15, -0.1) is 0 Å². The minimum atomic E-state index is -0.406. The Kier molecular flexibility index (Phi) is 5.18. The Bertz CT molecular complexity index is 1290. The van der Waals surface area contributed by atoms with Gasteiger partial charge in [-0.05, 0) is 29.8 Å². The molecule has 8 heteroatoms. The number of carbonyl (C=O) groups is 2. The summed E-state index contributed by atoms with van der Waals surface area (Å²) in [5.41, 5.74) is 2.54. The van der Waals surface area contributed by atoms with Crippen molar-refractivity contribution in [1.82, 2.24) is 24.6 Å². The maximum absolute atomic E-state index is 14.0. The number of carbonyl (C=O) groups excluding carboxylic acids is 2. The minimum absolute atomic E-state index is 0.0469. The Balaban J connectivity index is 1.21. The highest BCUT2D eigenvalue weighted by molar-refractivity contribution is 5.93. The second-order valence-electron chi connectivity index (χ2n) is 7.81. The van der Waals surface area contributed by atoms with E-state index in [4.69, 9.17) is 0 Å². The number of aromatic amines is 1. The van der Waals surface area contributed by atoms with Crippen LogP contribution in [0.1, 0.15) is 16.1 Å². The third-order valence-electron chi connectivity index (χ3n) is 5.84. The first-order valence-electron chi connectivity index (χ1n) is 10.5. The second kappa shape index (κ2) is 8.30. The highest BCUT2D eigenvalue weighted by Crippen LogP contribution is 2.19. The van der Waals surface area contributed by atoms with Gasteiger partial charge in [-0.2, -0.15) is 5.10 Å².